The molecule has 1 amide bonds. The highest BCUT2D eigenvalue weighted by Gasteiger charge is 2.39. The fourth-order valence-corrected chi connectivity index (χ4v) is 4.66. The van der Waals surface area contributed by atoms with Crippen molar-refractivity contribution < 1.29 is 39.6 Å². The molecule has 1 atom stereocenters. The summed E-state index contributed by atoms with van der Waals surface area (Å²) in [4.78, 5) is 12.8. The lowest BCUT2D eigenvalue weighted by molar-refractivity contribution is -0.138. The van der Waals surface area contributed by atoms with Crippen molar-refractivity contribution in [1.82, 2.24) is 15.1 Å². The van der Waals surface area contributed by atoms with Gasteiger partial charge in [0, 0.05) is 24.3 Å². The van der Waals surface area contributed by atoms with Gasteiger partial charge in [-0.15, -0.1) is 0 Å². The molecule has 0 bridgehead atoms. The molecule has 7 nitrogen and oxygen atoms in total. The van der Waals surface area contributed by atoms with Crippen LogP contribution in [0.2, 0.25) is 5.02 Å². The van der Waals surface area contributed by atoms with Crippen molar-refractivity contribution in [2.24, 2.45) is 11.8 Å². The minimum absolute atomic E-state index is 0.116. The largest absolute Gasteiger partial charge is 0.417 e. The Morgan fingerprint density at radius 1 is 1.15 bits per heavy atom. The van der Waals surface area contributed by atoms with Crippen LogP contribution in [0.25, 0.3) is 11.3 Å². The number of nitrogens with one attached hydrogen (secondary N) is 2. The summed E-state index contributed by atoms with van der Waals surface area (Å²) in [7, 11) is 0. The molecule has 2 aromatic rings. The molecular weight excluding hydrogens is 574 g/mol. The molecule has 39 heavy (non-hydrogen) atoms. The molecule has 218 valence electrons. The van der Waals surface area contributed by atoms with E-state index in [9.17, 15) is 31.1 Å². The number of hydrogen-bond donors (Lipinski definition) is 2. The van der Waals surface area contributed by atoms with Gasteiger partial charge >= 0.3 is 23.9 Å². The van der Waals surface area contributed by atoms with Crippen molar-refractivity contribution in [1.29, 1.82) is 0 Å². The van der Waals surface area contributed by atoms with Gasteiger partial charge in [-0.25, -0.2) is 0 Å². The lowest BCUT2D eigenvalue weighted by Crippen LogP contribution is -2.33. The van der Waals surface area contributed by atoms with Crippen LogP contribution >= 0.6 is 11.6 Å². The van der Waals surface area contributed by atoms with E-state index in [1.54, 1.807) is 6.92 Å². The molecule has 1 aliphatic rings. The number of alkyl halides is 6. The molecule has 1 heterocycles. The quantitative estimate of drug-likeness (QED) is 0.353. The highest BCUT2D eigenvalue weighted by Crippen LogP contribution is 2.42. The molecule has 1 saturated carbocycles. The summed E-state index contributed by atoms with van der Waals surface area (Å²) in [5, 5.41) is 8.74. The Labute approximate surface area is 230 Å². The lowest BCUT2D eigenvalue weighted by Gasteiger charge is -2.26. The predicted octanol–water partition coefficient (Wildman–Crippen LogP) is 6.49. The number of benzene rings is 1. The third-order valence-corrected chi connectivity index (χ3v) is 6.91. The Kier molecular flexibility index (Phi) is 11.4. The van der Waals surface area contributed by atoms with E-state index in [-0.39, 0.29) is 34.2 Å². The molecule has 0 aliphatic heterocycles. The van der Waals surface area contributed by atoms with Crippen LogP contribution in [0.4, 0.5) is 32.0 Å². The number of amides is 1. The van der Waals surface area contributed by atoms with E-state index >= 15 is 0 Å². The number of halogens is 7. The first-order chi connectivity index (χ1) is 18.1. The van der Waals surface area contributed by atoms with Gasteiger partial charge < -0.3 is 10.6 Å². The second kappa shape index (κ2) is 13.6. The van der Waals surface area contributed by atoms with E-state index in [4.69, 9.17) is 20.0 Å². The number of rotatable bonds is 7. The molecule has 1 aromatic carbocycles. The van der Waals surface area contributed by atoms with Gasteiger partial charge in [-0.3, -0.25) is 9.48 Å². The maximum Gasteiger partial charge on any atom is 0.417 e. The van der Waals surface area contributed by atoms with Crippen LogP contribution in [-0.2, 0) is 24.3 Å². The molecule has 0 spiro atoms. The van der Waals surface area contributed by atoms with E-state index in [2.05, 4.69) is 17.3 Å². The molecule has 0 radical (unpaired) electrons. The summed E-state index contributed by atoms with van der Waals surface area (Å²) < 4.78 is 98.4. The van der Waals surface area contributed by atoms with E-state index in [0.29, 0.717) is 24.4 Å². The van der Waals surface area contributed by atoms with Gasteiger partial charge in [0.1, 0.15) is 6.04 Å². The van der Waals surface area contributed by atoms with Crippen LogP contribution in [-0.4, -0.2) is 42.9 Å². The molecular formula is C24H29ClF6N4O3S. The van der Waals surface area contributed by atoms with Crippen molar-refractivity contribution in [2.45, 2.75) is 71.4 Å². The number of carbonyl (C=O) groups excluding carboxylic acids is 1. The Morgan fingerprint density at radius 2 is 1.74 bits per heavy atom. The summed E-state index contributed by atoms with van der Waals surface area (Å²) in [5.41, 5.74) is -2.25. The molecule has 3 rings (SSSR count). The van der Waals surface area contributed by atoms with Crippen molar-refractivity contribution in [3.8, 4) is 11.3 Å². The van der Waals surface area contributed by atoms with Crippen LogP contribution in [0.15, 0.2) is 18.2 Å². The van der Waals surface area contributed by atoms with E-state index < -0.39 is 41.4 Å². The lowest BCUT2D eigenvalue weighted by atomic mass is 9.83. The van der Waals surface area contributed by atoms with Gasteiger partial charge in [-0.2, -0.15) is 39.9 Å². The second-order valence-corrected chi connectivity index (χ2v) is 9.91. The van der Waals surface area contributed by atoms with E-state index in [0.717, 1.165) is 44.7 Å². The summed E-state index contributed by atoms with van der Waals surface area (Å²) in [6.07, 6.45) is -5.44. The summed E-state index contributed by atoms with van der Waals surface area (Å²) in [5.74, 6) is 0.376. The number of carbonyl (C=O) groups is 1. The molecule has 0 saturated heterocycles. The summed E-state index contributed by atoms with van der Waals surface area (Å²) in [6, 6.07) is 0.690. The van der Waals surface area contributed by atoms with Crippen LogP contribution in [0, 0.1) is 11.8 Å². The Hall–Kier alpha value is -2.61. The first-order valence-electron chi connectivity index (χ1n) is 12.1. The maximum atomic E-state index is 14.0. The maximum absolute atomic E-state index is 14.0. The zero-order valence-electron chi connectivity index (χ0n) is 21.4. The fraction of sp³-hybridized carbons (Fsp3) is 0.583. The molecule has 1 aliphatic carbocycles. The number of nitrogens with zero attached hydrogens (tertiary/aromatic N) is 2. The first kappa shape index (κ1) is 32.6. The van der Waals surface area contributed by atoms with Crippen LogP contribution in [0.1, 0.15) is 62.5 Å². The van der Waals surface area contributed by atoms with Crippen molar-refractivity contribution in [2.75, 3.05) is 11.9 Å². The van der Waals surface area contributed by atoms with Crippen molar-refractivity contribution in [3.05, 3.63) is 34.5 Å². The van der Waals surface area contributed by atoms with Crippen molar-refractivity contribution in [3.63, 3.8) is 0 Å². The minimum Gasteiger partial charge on any atom is -0.374 e. The number of aromatic nitrogens is 2. The average Bonchev–Trinajstić information content (AvgIpc) is 3.19. The monoisotopic (exact) mass is 602 g/mol. The van der Waals surface area contributed by atoms with Gasteiger partial charge in [0.15, 0.2) is 5.69 Å². The van der Waals surface area contributed by atoms with Crippen LogP contribution < -0.4 is 10.6 Å². The Bertz CT molecular complexity index is 1170. The molecule has 0 unspecified atom stereocenters. The predicted molar refractivity (Wildman–Crippen MR) is 135 cm³/mol. The standard InChI is InChI=1S/C24H29ClF6N4O.O2S/c1-4-35-21(19(25)20(34-35)22(36)32-12-15-7-5-13(2)6-8-15)17-10-9-16(11-18(17)24(29,30)31)33-14(3)23(26,27)28;1-3-2/h9-11,13-15,33H,4-8,12H2,1-3H3,(H,32,36);/t13?,14-,15?;/m1./s1. The van der Waals surface area contributed by atoms with Gasteiger partial charge in [-0.05, 0) is 50.7 Å². The molecule has 1 aromatic heterocycles. The average molecular weight is 603 g/mol. The van der Waals surface area contributed by atoms with Crippen LogP contribution in [0.5, 0.6) is 0 Å². The third kappa shape index (κ3) is 8.69. The normalized spacial score (nSPS) is 18.5. The number of anilines is 1. The highest BCUT2D eigenvalue weighted by atomic mass is 35.5. The van der Waals surface area contributed by atoms with Gasteiger partial charge in [0.25, 0.3) is 5.91 Å². The van der Waals surface area contributed by atoms with E-state index in [1.807, 2.05) is 5.32 Å². The SMILES string of the molecule is CCn1nc(C(=O)NCC2CCC(C)CC2)c(Cl)c1-c1ccc(N[C@H](C)C(F)(F)F)cc1C(F)(F)F.O=S=O. The zero-order valence-corrected chi connectivity index (χ0v) is 23.0. The van der Waals surface area contributed by atoms with Gasteiger partial charge in [0.2, 0.25) is 0 Å². The second-order valence-electron chi connectivity index (χ2n) is 9.40. The van der Waals surface area contributed by atoms with Crippen LogP contribution in [0.3, 0.4) is 0 Å². The van der Waals surface area contributed by atoms with Crippen molar-refractivity contribution >= 4 is 34.8 Å². The smallest absolute Gasteiger partial charge is 0.374 e. The Balaban J connectivity index is 0.00000170. The highest BCUT2D eigenvalue weighted by molar-refractivity contribution is 7.51. The van der Waals surface area contributed by atoms with E-state index in [1.165, 1.54) is 4.68 Å². The minimum atomic E-state index is -4.90. The molecule has 2 N–H and O–H groups in total. The first-order valence-corrected chi connectivity index (χ1v) is 13.2. The Morgan fingerprint density at radius 3 is 2.26 bits per heavy atom. The number of hydrogen-bond acceptors (Lipinski definition) is 5. The fourth-order valence-electron chi connectivity index (χ4n) is 4.33. The summed E-state index contributed by atoms with van der Waals surface area (Å²) in [6.45, 7) is 5.16. The third-order valence-electron chi connectivity index (χ3n) is 6.55. The summed E-state index contributed by atoms with van der Waals surface area (Å²) >= 11 is 5.66. The van der Waals surface area contributed by atoms with Gasteiger partial charge in [0.05, 0.1) is 16.3 Å². The van der Waals surface area contributed by atoms with Gasteiger partial charge in [-0.1, -0.05) is 37.4 Å². The molecule has 15 heteroatoms. The number of aryl methyl sites for hydroxylation is 1. The zero-order chi connectivity index (χ0) is 29.5. The molecule has 1 fully saturated rings. The topological polar surface area (TPSA) is 93.1 Å².